The molecule has 5 heteroatoms. The van der Waals surface area contributed by atoms with E-state index in [0.29, 0.717) is 10.9 Å². The standard InChI is InChI=1S/C17H21N3OS/c1-11-6-8-13(9-7-11)20-16(21)15-12(2)19-17(22-15)14-5-3-4-10-18-14/h3-5,10-11,13H,6-9H2,1-2H3,(H,20,21). The van der Waals surface area contributed by atoms with Gasteiger partial charge in [0, 0.05) is 12.2 Å². The fraction of sp³-hybridized carbons (Fsp3) is 0.471. The smallest absolute Gasteiger partial charge is 0.263 e. The van der Waals surface area contributed by atoms with Crippen molar-refractivity contribution in [2.75, 3.05) is 0 Å². The number of rotatable bonds is 3. The molecule has 0 radical (unpaired) electrons. The lowest BCUT2D eigenvalue weighted by Gasteiger charge is -2.26. The molecule has 1 aliphatic rings. The van der Waals surface area contributed by atoms with Crippen molar-refractivity contribution in [1.82, 2.24) is 15.3 Å². The number of hydrogen-bond donors (Lipinski definition) is 1. The molecule has 2 aromatic rings. The first kappa shape index (κ1) is 15.2. The number of aromatic nitrogens is 2. The number of amides is 1. The number of aryl methyl sites for hydroxylation is 1. The molecule has 1 aliphatic carbocycles. The number of hydrogen-bond acceptors (Lipinski definition) is 4. The zero-order chi connectivity index (χ0) is 15.5. The van der Waals surface area contributed by atoms with Gasteiger partial charge in [-0.1, -0.05) is 13.0 Å². The summed E-state index contributed by atoms with van der Waals surface area (Å²) in [6, 6.07) is 6.04. The Morgan fingerprint density at radius 3 is 2.73 bits per heavy atom. The van der Waals surface area contributed by atoms with Crippen LogP contribution < -0.4 is 5.32 Å². The molecule has 0 bridgehead atoms. The lowest BCUT2D eigenvalue weighted by atomic mass is 9.87. The van der Waals surface area contributed by atoms with E-state index in [1.54, 1.807) is 6.20 Å². The predicted molar refractivity (Wildman–Crippen MR) is 89.0 cm³/mol. The zero-order valence-electron chi connectivity index (χ0n) is 13.0. The van der Waals surface area contributed by atoms with Crippen LogP contribution in [0, 0.1) is 12.8 Å². The van der Waals surface area contributed by atoms with Crippen molar-refractivity contribution < 1.29 is 4.79 Å². The molecule has 0 unspecified atom stereocenters. The molecule has 0 aliphatic heterocycles. The third-order valence-corrected chi connectivity index (χ3v) is 5.42. The number of thiazole rings is 1. The van der Waals surface area contributed by atoms with Crippen molar-refractivity contribution >= 4 is 17.2 Å². The Morgan fingerprint density at radius 2 is 2.05 bits per heavy atom. The molecule has 22 heavy (non-hydrogen) atoms. The van der Waals surface area contributed by atoms with Gasteiger partial charge in [0.15, 0.2) is 0 Å². The summed E-state index contributed by atoms with van der Waals surface area (Å²) >= 11 is 1.42. The van der Waals surface area contributed by atoms with Gasteiger partial charge in [-0.25, -0.2) is 4.98 Å². The highest BCUT2D eigenvalue weighted by Crippen LogP contribution is 2.28. The molecule has 1 amide bonds. The van der Waals surface area contributed by atoms with Crippen LogP contribution in [-0.2, 0) is 0 Å². The van der Waals surface area contributed by atoms with Gasteiger partial charge in [0.05, 0.1) is 11.4 Å². The number of nitrogens with zero attached hydrogens (tertiary/aromatic N) is 2. The van der Waals surface area contributed by atoms with Crippen LogP contribution in [0.3, 0.4) is 0 Å². The van der Waals surface area contributed by atoms with E-state index in [4.69, 9.17) is 0 Å². The molecule has 4 nitrogen and oxygen atoms in total. The molecule has 1 fully saturated rings. The molecule has 0 spiro atoms. The fourth-order valence-corrected chi connectivity index (χ4v) is 3.81. The molecular weight excluding hydrogens is 294 g/mol. The van der Waals surface area contributed by atoms with Crippen LogP contribution in [0.25, 0.3) is 10.7 Å². The minimum Gasteiger partial charge on any atom is -0.349 e. The van der Waals surface area contributed by atoms with Gasteiger partial charge in [-0.05, 0) is 50.7 Å². The number of pyridine rings is 1. The lowest BCUT2D eigenvalue weighted by Crippen LogP contribution is -2.37. The summed E-state index contributed by atoms with van der Waals surface area (Å²) in [6.45, 7) is 4.17. The van der Waals surface area contributed by atoms with Gasteiger partial charge in [-0.15, -0.1) is 11.3 Å². The fourth-order valence-electron chi connectivity index (χ4n) is 2.86. The van der Waals surface area contributed by atoms with E-state index in [2.05, 4.69) is 22.2 Å². The van der Waals surface area contributed by atoms with Crippen LogP contribution in [0.1, 0.15) is 48.0 Å². The third-order valence-electron chi connectivity index (χ3n) is 4.24. The van der Waals surface area contributed by atoms with E-state index in [-0.39, 0.29) is 5.91 Å². The highest BCUT2D eigenvalue weighted by Gasteiger charge is 2.23. The molecule has 0 aromatic carbocycles. The summed E-state index contributed by atoms with van der Waals surface area (Å²) < 4.78 is 0. The van der Waals surface area contributed by atoms with E-state index in [0.717, 1.165) is 35.2 Å². The van der Waals surface area contributed by atoms with Gasteiger partial charge in [0.2, 0.25) is 0 Å². The second-order valence-electron chi connectivity index (χ2n) is 6.08. The van der Waals surface area contributed by atoms with Gasteiger partial charge >= 0.3 is 0 Å². The number of carbonyl (C=O) groups is 1. The maximum atomic E-state index is 12.5. The summed E-state index contributed by atoms with van der Waals surface area (Å²) in [7, 11) is 0. The van der Waals surface area contributed by atoms with Crippen molar-refractivity contribution in [3.8, 4) is 10.7 Å². The Hall–Kier alpha value is -1.75. The summed E-state index contributed by atoms with van der Waals surface area (Å²) in [4.78, 5) is 22.0. The van der Waals surface area contributed by atoms with Gasteiger partial charge in [-0.3, -0.25) is 9.78 Å². The quantitative estimate of drug-likeness (QED) is 0.936. The van der Waals surface area contributed by atoms with Crippen LogP contribution in [-0.4, -0.2) is 21.9 Å². The molecule has 0 saturated heterocycles. The predicted octanol–water partition coefficient (Wildman–Crippen LogP) is 3.82. The molecule has 1 N–H and O–H groups in total. The SMILES string of the molecule is Cc1nc(-c2ccccn2)sc1C(=O)NC1CCC(C)CC1. The molecule has 2 heterocycles. The minimum absolute atomic E-state index is 0.0109. The Bertz CT molecular complexity index is 645. The Balaban J connectivity index is 1.72. The van der Waals surface area contributed by atoms with Crippen LogP contribution in [0.4, 0.5) is 0 Å². The van der Waals surface area contributed by atoms with Gasteiger partial charge in [0.1, 0.15) is 9.88 Å². The van der Waals surface area contributed by atoms with Crippen LogP contribution in [0.2, 0.25) is 0 Å². The average Bonchev–Trinajstić information content (AvgIpc) is 2.92. The van der Waals surface area contributed by atoms with Crippen molar-refractivity contribution in [3.05, 3.63) is 35.0 Å². The second-order valence-corrected chi connectivity index (χ2v) is 7.08. The van der Waals surface area contributed by atoms with E-state index >= 15 is 0 Å². The Labute approximate surface area is 135 Å². The van der Waals surface area contributed by atoms with Gasteiger partial charge in [0.25, 0.3) is 5.91 Å². The maximum absolute atomic E-state index is 12.5. The largest absolute Gasteiger partial charge is 0.349 e. The van der Waals surface area contributed by atoms with Crippen LogP contribution in [0.5, 0.6) is 0 Å². The minimum atomic E-state index is 0.0109. The summed E-state index contributed by atoms with van der Waals surface area (Å²) in [5.41, 5.74) is 1.61. The van der Waals surface area contributed by atoms with Crippen molar-refractivity contribution in [2.45, 2.75) is 45.6 Å². The number of nitrogens with one attached hydrogen (secondary N) is 1. The van der Waals surface area contributed by atoms with Crippen molar-refractivity contribution in [1.29, 1.82) is 0 Å². The normalized spacial score (nSPS) is 21.5. The average molecular weight is 315 g/mol. The summed E-state index contributed by atoms with van der Waals surface area (Å²) in [6.07, 6.45) is 6.31. The highest BCUT2D eigenvalue weighted by atomic mass is 32.1. The van der Waals surface area contributed by atoms with Crippen LogP contribution >= 0.6 is 11.3 Å². The number of carbonyl (C=O) groups excluding carboxylic acids is 1. The first-order valence-corrected chi connectivity index (χ1v) is 8.65. The summed E-state index contributed by atoms with van der Waals surface area (Å²) in [5, 5.41) is 3.98. The second kappa shape index (κ2) is 6.57. The highest BCUT2D eigenvalue weighted by molar-refractivity contribution is 7.17. The van der Waals surface area contributed by atoms with E-state index in [1.165, 1.54) is 24.2 Å². The molecule has 1 saturated carbocycles. The van der Waals surface area contributed by atoms with E-state index in [1.807, 2.05) is 25.1 Å². The molecule has 3 rings (SSSR count). The van der Waals surface area contributed by atoms with E-state index in [9.17, 15) is 4.79 Å². The topological polar surface area (TPSA) is 54.9 Å². The lowest BCUT2D eigenvalue weighted by molar-refractivity contribution is 0.0926. The Kier molecular flexibility index (Phi) is 4.52. The summed E-state index contributed by atoms with van der Waals surface area (Å²) in [5.74, 6) is 0.797. The Morgan fingerprint density at radius 1 is 1.27 bits per heavy atom. The van der Waals surface area contributed by atoms with Crippen LogP contribution in [0.15, 0.2) is 24.4 Å². The molecule has 116 valence electrons. The molecular formula is C17H21N3OS. The third kappa shape index (κ3) is 3.35. The monoisotopic (exact) mass is 315 g/mol. The first-order chi connectivity index (χ1) is 10.6. The van der Waals surface area contributed by atoms with Crippen molar-refractivity contribution in [2.24, 2.45) is 5.92 Å². The zero-order valence-corrected chi connectivity index (χ0v) is 13.8. The van der Waals surface area contributed by atoms with Gasteiger partial charge in [-0.2, -0.15) is 0 Å². The van der Waals surface area contributed by atoms with Crippen molar-refractivity contribution in [3.63, 3.8) is 0 Å². The molecule has 0 atom stereocenters. The van der Waals surface area contributed by atoms with Gasteiger partial charge < -0.3 is 5.32 Å². The first-order valence-electron chi connectivity index (χ1n) is 7.83. The maximum Gasteiger partial charge on any atom is 0.263 e. The molecule has 2 aromatic heterocycles. The van der Waals surface area contributed by atoms with E-state index < -0.39 is 0 Å².